The third kappa shape index (κ3) is 5.31. The number of hydrogen-bond donors (Lipinski definition) is 1. The molecule has 3 fully saturated rings. The molecule has 4 rings (SSSR count). The summed E-state index contributed by atoms with van der Waals surface area (Å²) in [4.78, 5) is 16.8. The van der Waals surface area contributed by atoms with Crippen molar-refractivity contribution in [1.82, 2.24) is 10.2 Å². The largest absolute Gasteiger partial charge is 0.377 e. The number of carbonyl (C=O) groups is 1. The summed E-state index contributed by atoms with van der Waals surface area (Å²) in [6.07, 6.45) is 11.7. The topological polar surface area (TPSA) is 41.6 Å². The van der Waals surface area contributed by atoms with E-state index >= 15 is 0 Å². The summed E-state index contributed by atoms with van der Waals surface area (Å²) >= 11 is 1.76. The molecule has 1 aromatic rings. The van der Waals surface area contributed by atoms with Crippen molar-refractivity contribution in [3.8, 4) is 0 Å². The number of ether oxygens (including phenoxy) is 1. The van der Waals surface area contributed by atoms with Crippen molar-refractivity contribution >= 4 is 17.7 Å². The molecule has 3 aliphatic rings. The summed E-state index contributed by atoms with van der Waals surface area (Å²) in [6, 6.07) is 9.06. The average molecular weight is 403 g/mol. The normalized spacial score (nSPS) is 27.0. The Hall–Kier alpha value is -1.04. The number of amides is 1. The van der Waals surface area contributed by atoms with E-state index in [0.717, 1.165) is 54.7 Å². The van der Waals surface area contributed by atoms with Gasteiger partial charge in [-0.2, -0.15) is 0 Å². The lowest BCUT2D eigenvalue weighted by atomic mass is 9.92. The van der Waals surface area contributed by atoms with Crippen LogP contribution in [0, 0.1) is 0 Å². The highest BCUT2D eigenvalue weighted by molar-refractivity contribution is 7.99. The highest BCUT2D eigenvalue weighted by Gasteiger charge is 2.28. The molecule has 5 heteroatoms. The van der Waals surface area contributed by atoms with Gasteiger partial charge in [-0.1, -0.05) is 31.4 Å². The molecule has 28 heavy (non-hydrogen) atoms. The highest BCUT2D eigenvalue weighted by Crippen LogP contribution is 2.28. The van der Waals surface area contributed by atoms with Gasteiger partial charge in [-0.25, -0.2) is 0 Å². The molecular weight excluding hydrogens is 368 g/mol. The highest BCUT2D eigenvalue weighted by atomic mass is 32.2. The van der Waals surface area contributed by atoms with Crippen LogP contribution < -0.4 is 5.32 Å². The monoisotopic (exact) mass is 402 g/mol. The molecule has 2 unspecified atom stereocenters. The van der Waals surface area contributed by atoms with Crippen LogP contribution in [-0.2, 0) is 4.74 Å². The molecule has 2 atom stereocenters. The van der Waals surface area contributed by atoms with Gasteiger partial charge in [-0.3, -0.25) is 9.69 Å². The Bertz CT molecular complexity index is 641. The SMILES string of the molecule is O=C(NC1CCCN(C2CCCCC2)C1)c1ccccc1SCC1CCCO1. The van der Waals surface area contributed by atoms with E-state index in [4.69, 9.17) is 4.74 Å². The molecule has 1 amide bonds. The summed E-state index contributed by atoms with van der Waals surface area (Å²) in [5, 5.41) is 3.35. The van der Waals surface area contributed by atoms with Crippen molar-refractivity contribution < 1.29 is 9.53 Å². The van der Waals surface area contributed by atoms with Crippen LogP contribution in [0.25, 0.3) is 0 Å². The van der Waals surface area contributed by atoms with Crippen LogP contribution in [0.2, 0.25) is 0 Å². The molecule has 4 nitrogen and oxygen atoms in total. The second-order valence-electron chi connectivity index (χ2n) is 8.54. The first-order chi connectivity index (χ1) is 13.8. The Kier molecular flexibility index (Phi) is 7.32. The summed E-state index contributed by atoms with van der Waals surface area (Å²) in [5.74, 6) is 1.02. The third-order valence-corrected chi connectivity index (χ3v) is 7.66. The molecular formula is C23H34N2O2S. The smallest absolute Gasteiger partial charge is 0.252 e. The summed E-state index contributed by atoms with van der Waals surface area (Å²) < 4.78 is 5.74. The van der Waals surface area contributed by atoms with Crippen LogP contribution >= 0.6 is 11.8 Å². The fourth-order valence-corrected chi connectivity index (χ4v) is 6.02. The molecule has 2 heterocycles. The van der Waals surface area contributed by atoms with E-state index in [1.807, 2.05) is 18.2 Å². The number of carbonyl (C=O) groups excluding carboxylic acids is 1. The Labute approximate surface area is 173 Å². The third-order valence-electron chi connectivity index (χ3n) is 6.46. The van der Waals surface area contributed by atoms with Crippen LogP contribution in [0.3, 0.4) is 0 Å². The van der Waals surface area contributed by atoms with Crippen LogP contribution in [-0.4, -0.2) is 54.4 Å². The number of hydrogen-bond acceptors (Lipinski definition) is 4. The number of thioether (sulfide) groups is 1. The number of benzene rings is 1. The summed E-state index contributed by atoms with van der Waals surface area (Å²) in [5.41, 5.74) is 0.820. The van der Waals surface area contributed by atoms with Gasteiger partial charge in [-0.05, 0) is 57.2 Å². The number of likely N-dealkylation sites (tertiary alicyclic amines) is 1. The second-order valence-corrected chi connectivity index (χ2v) is 9.60. The molecule has 0 radical (unpaired) electrons. The second kappa shape index (κ2) is 10.1. The lowest BCUT2D eigenvalue weighted by Gasteiger charge is -2.40. The fourth-order valence-electron chi connectivity index (χ4n) is 4.90. The first kappa shape index (κ1) is 20.2. The quantitative estimate of drug-likeness (QED) is 0.712. The zero-order valence-corrected chi connectivity index (χ0v) is 17.7. The predicted octanol–water partition coefficient (Wildman–Crippen LogP) is 4.48. The van der Waals surface area contributed by atoms with E-state index in [1.54, 1.807) is 11.8 Å². The maximum atomic E-state index is 13.0. The molecule has 1 aromatic carbocycles. The Morgan fingerprint density at radius 2 is 1.93 bits per heavy atom. The molecule has 1 saturated carbocycles. The van der Waals surface area contributed by atoms with Gasteiger partial charge in [0.05, 0.1) is 11.7 Å². The zero-order chi connectivity index (χ0) is 19.2. The van der Waals surface area contributed by atoms with E-state index < -0.39 is 0 Å². The average Bonchev–Trinajstić information content (AvgIpc) is 3.27. The number of nitrogens with zero attached hydrogens (tertiary/aromatic N) is 1. The van der Waals surface area contributed by atoms with Crippen molar-refractivity contribution in [2.24, 2.45) is 0 Å². The fraction of sp³-hybridized carbons (Fsp3) is 0.696. The molecule has 154 valence electrons. The molecule has 0 aromatic heterocycles. The van der Waals surface area contributed by atoms with Crippen molar-refractivity contribution in [2.75, 3.05) is 25.4 Å². The van der Waals surface area contributed by atoms with Gasteiger partial charge < -0.3 is 10.1 Å². The predicted molar refractivity (Wildman–Crippen MR) is 115 cm³/mol. The first-order valence-electron chi connectivity index (χ1n) is 11.2. The number of rotatable bonds is 6. The molecule has 1 aliphatic carbocycles. The van der Waals surface area contributed by atoms with E-state index in [1.165, 1.54) is 45.1 Å². The van der Waals surface area contributed by atoms with E-state index in [-0.39, 0.29) is 11.9 Å². The lowest BCUT2D eigenvalue weighted by molar-refractivity contribution is 0.0833. The van der Waals surface area contributed by atoms with E-state index in [0.29, 0.717) is 6.10 Å². The van der Waals surface area contributed by atoms with Gasteiger partial charge in [0.25, 0.3) is 5.91 Å². The molecule has 0 bridgehead atoms. The minimum Gasteiger partial charge on any atom is -0.377 e. The summed E-state index contributed by atoms with van der Waals surface area (Å²) in [7, 11) is 0. The molecule has 2 saturated heterocycles. The Balaban J connectivity index is 1.33. The van der Waals surface area contributed by atoms with Gasteiger partial charge >= 0.3 is 0 Å². The van der Waals surface area contributed by atoms with Gasteiger partial charge in [-0.15, -0.1) is 11.8 Å². The Morgan fingerprint density at radius 1 is 1.07 bits per heavy atom. The minimum absolute atomic E-state index is 0.0888. The van der Waals surface area contributed by atoms with Crippen molar-refractivity contribution in [2.45, 2.75) is 80.9 Å². The molecule has 1 N–H and O–H groups in total. The van der Waals surface area contributed by atoms with Crippen molar-refractivity contribution in [3.05, 3.63) is 29.8 Å². The Morgan fingerprint density at radius 3 is 2.75 bits per heavy atom. The van der Waals surface area contributed by atoms with E-state index in [2.05, 4.69) is 16.3 Å². The summed E-state index contributed by atoms with van der Waals surface area (Å²) in [6.45, 7) is 3.10. The standard InChI is InChI=1S/C23H34N2O2S/c26-23(21-12-4-5-13-22(21)28-17-20-11-7-15-27-20)24-18-8-6-14-25(16-18)19-9-2-1-3-10-19/h4-5,12-13,18-20H,1-3,6-11,14-17H2,(H,24,26). The van der Waals surface area contributed by atoms with Crippen molar-refractivity contribution in [3.63, 3.8) is 0 Å². The van der Waals surface area contributed by atoms with Gasteiger partial charge in [0.2, 0.25) is 0 Å². The van der Waals surface area contributed by atoms with Crippen LogP contribution in [0.4, 0.5) is 0 Å². The molecule has 2 aliphatic heterocycles. The van der Waals surface area contributed by atoms with Crippen LogP contribution in [0.1, 0.15) is 68.1 Å². The van der Waals surface area contributed by atoms with Gasteiger partial charge in [0.15, 0.2) is 0 Å². The van der Waals surface area contributed by atoms with E-state index in [9.17, 15) is 4.79 Å². The number of piperidine rings is 1. The van der Waals surface area contributed by atoms with Gasteiger partial charge in [0, 0.05) is 35.9 Å². The van der Waals surface area contributed by atoms with Crippen molar-refractivity contribution in [1.29, 1.82) is 0 Å². The maximum Gasteiger partial charge on any atom is 0.252 e. The lowest BCUT2D eigenvalue weighted by Crippen LogP contribution is -2.51. The van der Waals surface area contributed by atoms with Gasteiger partial charge in [0.1, 0.15) is 0 Å². The minimum atomic E-state index is 0.0888. The van der Waals surface area contributed by atoms with Crippen LogP contribution in [0.5, 0.6) is 0 Å². The number of nitrogens with one attached hydrogen (secondary N) is 1. The maximum absolute atomic E-state index is 13.0. The van der Waals surface area contributed by atoms with Crippen LogP contribution in [0.15, 0.2) is 29.2 Å². The zero-order valence-electron chi connectivity index (χ0n) is 16.9. The first-order valence-corrected chi connectivity index (χ1v) is 12.2. The molecule has 0 spiro atoms.